The normalized spacial score (nSPS) is 10.1. The van der Waals surface area contributed by atoms with Crippen LogP contribution < -0.4 is 5.32 Å². The zero-order valence-corrected chi connectivity index (χ0v) is 12.0. The molecule has 1 amide bonds. The lowest BCUT2D eigenvalue weighted by molar-refractivity contribution is -0.384. The van der Waals surface area contributed by atoms with Crippen LogP contribution in [0.5, 0.6) is 0 Å². The van der Waals surface area contributed by atoms with E-state index in [0.29, 0.717) is 5.56 Å². The molecule has 0 aliphatic heterocycles. The molecule has 0 unspecified atom stereocenters. The smallest absolute Gasteiger partial charge is 0.269 e. The maximum Gasteiger partial charge on any atom is 0.269 e. The molecule has 21 heavy (non-hydrogen) atoms. The van der Waals surface area contributed by atoms with Crippen LogP contribution in [0.1, 0.15) is 11.1 Å². The molecular weight excluding hydrogens is 288 g/mol. The molecule has 0 saturated carbocycles. The number of amides is 1. The van der Waals surface area contributed by atoms with E-state index in [1.54, 1.807) is 12.1 Å². The first kappa shape index (κ1) is 15.1. The van der Waals surface area contributed by atoms with Gasteiger partial charge in [-0.2, -0.15) is 0 Å². The quantitative estimate of drug-likeness (QED) is 0.507. The summed E-state index contributed by atoms with van der Waals surface area (Å²) >= 11 is 4.18. The van der Waals surface area contributed by atoms with Crippen LogP contribution in [0.2, 0.25) is 0 Å². The largest absolute Gasteiger partial charge is 0.352 e. The molecule has 0 saturated heterocycles. The highest BCUT2D eigenvalue weighted by atomic mass is 32.1. The van der Waals surface area contributed by atoms with Gasteiger partial charge in [0.05, 0.1) is 11.3 Å². The van der Waals surface area contributed by atoms with Crippen molar-refractivity contribution >= 4 is 24.2 Å². The first-order valence-corrected chi connectivity index (χ1v) is 6.77. The lowest BCUT2D eigenvalue weighted by atomic mass is 10.1. The number of hydrogen-bond acceptors (Lipinski definition) is 4. The van der Waals surface area contributed by atoms with Crippen molar-refractivity contribution in [3.8, 4) is 0 Å². The number of hydrogen-bond donors (Lipinski definition) is 2. The van der Waals surface area contributed by atoms with Crippen molar-refractivity contribution in [1.29, 1.82) is 0 Å². The van der Waals surface area contributed by atoms with Crippen LogP contribution in [-0.4, -0.2) is 10.8 Å². The van der Waals surface area contributed by atoms with E-state index in [4.69, 9.17) is 0 Å². The van der Waals surface area contributed by atoms with E-state index in [1.165, 1.54) is 12.1 Å². The Kier molecular flexibility index (Phi) is 4.94. The van der Waals surface area contributed by atoms with E-state index in [9.17, 15) is 14.9 Å². The van der Waals surface area contributed by atoms with Gasteiger partial charge in [-0.05, 0) is 23.3 Å². The van der Waals surface area contributed by atoms with Crippen molar-refractivity contribution in [2.45, 2.75) is 17.9 Å². The zero-order valence-electron chi connectivity index (χ0n) is 11.2. The van der Waals surface area contributed by atoms with Gasteiger partial charge in [-0.15, -0.1) is 12.6 Å². The van der Waals surface area contributed by atoms with E-state index in [2.05, 4.69) is 17.9 Å². The molecule has 0 radical (unpaired) electrons. The van der Waals surface area contributed by atoms with E-state index in [-0.39, 0.29) is 24.6 Å². The molecule has 2 rings (SSSR count). The van der Waals surface area contributed by atoms with Crippen molar-refractivity contribution in [2.24, 2.45) is 0 Å². The van der Waals surface area contributed by atoms with Crippen molar-refractivity contribution in [1.82, 2.24) is 5.32 Å². The first-order chi connectivity index (χ1) is 10.0. The van der Waals surface area contributed by atoms with Gasteiger partial charge >= 0.3 is 0 Å². The number of rotatable bonds is 5. The van der Waals surface area contributed by atoms with E-state index < -0.39 is 4.92 Å². The summed E-state index contributed by atoms with van der Waals surface area (Å²) < 4.78 is 0. The summed E-state index contributed by atoms with van der Waals surface area (Å²) in [6, 6.07) is 13.6. The molecule has 0 atom stereocenters. The molecular formula is C15H14N2O3S. The Bertz CT molecular complexity index is 656. The molecule has 5 nitrogen and oxygen atoms in total. The van der Waals surface area contributed by atoms with Gasteiger partial charge < -0.3 is 5.32 Å². The fraction of sp³-hybridized carbons (Fsp3) is 0.133. The van der Waals surface area contributed by atoms with Crippen molar-refractivity contribution in [2.75, 3.05) is 0 Å². The predicted octanol–water partition coefficient (Wildman–Crippen LogP) is 2.74. The predicted molar refractivity (Wildman–Crippen MR) is 82.3 cm³/mol. The Hall–Kier alpha value is -2.34. The highest BCUT2D eigenvalue weighted by Crippen LogP contribution is 2.13. The molecule has 0 heterocycles. The van der Waals surface area contributed by atoms with E-state index in [1.807, 2.05) is 24.3 Å². The SMILES string of the molecule is O=C(Cc1ccc(S)cc1)NCc1cccc([N+](=O)[O-])c1. The van der Waals surface area contributed by atoms with Gasteiger partial charge in [0, 0.05) is 23.6 Å². The Morgan fingerprint density at radius 2 is 1.86 bits per heavy atom. The van der Waals surface area contributed by atoms with Crippen LogP contribution in [-0.2, 0) is 17.8 Å². The van der Waals surface area contributed by atoms with Crippen LogP contribution in [0.25, 0.3) is 0 Å². The summed E-state index contributed by atoms with van der Waals surface area (Å²) in [6.45, 7) is 0.269. The average molecular weight is 302 g/mol. The standard InChI is InChI=1S/C15H14N2O3S/c18-15(9-11-4-6-14(21)7-5-11)16-10-12-2-1-3-13(8-12)17(19)20/h1-8,21H,9-10H2,(H,16,18). The second kappa shape index (κ2) is 6.90. The minimum Gasteiger partial charge on any atom is -0.352 e. The molecule has 2 aromatic carbocycles. The second-order valence-electron chi connectivity index (χ2n) is 4.55. The Morgan fingerprint density at radius 3 is 2.52 bits per heavy atom. The Labute approximate surface area is 127 Å². The van der Waals surface area contributed by atoms with Gasteiger partial charge in [-0.1, -0.05) is 24.3 Å². The van der Waals surface area contributed by atoms with Crippen molar-refractivity contribution in [3.05, 3.63) is 69.8 Å². The Balaban J connectivity index is 1.90. The van der Waals surface area contributed by atoms with Gasteiger partial charge in [-0.25, -0.2) is 0 Å². The van der Waals surface area contributed by atoms with Gasteiger partial charge in [0.1, 0.15) is 0 Å². The van der Waals surface area contributed by atoms with Crippen LogP contribution in [0, 0.1) is 10.1 Å². The molecule has 0 bridgehead atoms. The summed E-state index contributed by atoms with van der Waals surface area (Å²) in [5, 5.41) is 13.4. The highest BCUT2D eigenvalue weighted by Gasteiger charge is 2.07. The molecule has 1 N–H and O–H groups in total. The lowest BCUT2D eigenvalue weighted by Gasteiger charge is -2.06. The summed E-state index contributed by atoms with van der Waals surface area (Å²) in [4.78, 5) is 22.9. The number of benzene rings is 2. The third-order valence-electron chi connectivity index (χ3n) is 2.91. The number of thiol groups is 1. The maximum atomic E-state index is 11.8. The molecule has 0 aromatic heterocycles. The number of nitro benzene ring substituents is 1. The van der Waals surface area contributed by atoms with E-state index in [0.717, 1.165) is 10.5 Å². The molecule has 2 aromatic rings. The van der Waals surface area contributed by atoms with Crippen LogP contribution in [0.15, 0.2) is 53.4 Å². The van der Waals surface area contributed by atoms with Crippen LogP contribution >= 0.6 is 12.6 Å². The second-order valence-corrected chi connectivity index (χ2v) is 5.06. The molecule has 0 aliphatic carbocycles. The number of non-ortho nitro benzene ring substituents is 1. The molecule has 0 fully saturated rings. The topological polar surface area (TPSA) is 72.2 Å². The van der Waals surface area contributed by atoms with E-state index >= 15 is 0 Å². The third-order valence-corrected chi connectivity index (χ3v) is 3.21. The number of nitrogens with one attached hydrogen (secondary N) is 1. The summed E-state index contributed by atoms with van der Waals surface area (Å²) in [5.74, 6) is -0.131. The minimum absolute atomic E-state index is 0.0196. The zero-order chi connectivity index (χ0) is 15.2. The number of carbonyl (C=O) groups excluding carboxylic acids is 1. The lowest BCUT2D eigenvalue weighted by Crippen LogP contribution is -2.24. The number of carbonyl (C=O) groups is 1. The summed E-state index contributed by atoms with van der Waals surface area (Å²) in [7, 11) is 0. The van der Waals surface area contributed by atoms with Crippen LogP contribution in [0.4, 0.5) is 5.69 Å². The summed E-state index contributed by atoms with van der Waals surface area (Å²) in [5.41, 5.74) is 1.61. The maximum absolute atomic E-state index is 11.8. The Morgan fingerprint density at radius 1 is 1.14 bits per heavy atom. The fourth-order valence-corrected chi connectivity index (χ4v) is 1.99. The number of nitrogens with zero attached hydrogens (tertiary/aromatic N) is 1. The first-order valence-electron chi connectivity index (χ1n) is 6.32. The van der Waals surface area contributed by atoms with Gasteiger partial charge in [0.15, 0.2) is 0 Å². The van der Waals surface area contributed by atoms with Crippen LogP contribution in [0.3, 0.4) is 0 Å². The van der Waals surface area contributed by atoms with Gasteiger partial charge in [0.25, 0.3) is 5.69 Å². The fourth-order valence-electron chi connectivity index (χ4n) is 1.84. The summed E-state index contributed by atoms with van der Waals surface area (Å²) in [6.07, 6.45) is 0.267. The molecule has 6 heteroatoms. The third kappa shape index (κ3) is 4.61. The van der Waals surface area contributed by atoms with Gasteiger partial charge in [0.2, 0.25) is 5.91 Å². The van der Waals surface area contributed by atoms with Gasteiger partial charge in [-0.3, -0.25) is 14.9 Å². The molecule has 0 spiro atoms. The average Bonchev–Trinajstić information content (AvgIpc) is 2.48. The molecule has 0 aliphatic rings. The van der Waals surface area contributed by atoms with Crippen molar-refractivity contribution < 1.29 is 9.72 Å². The minimum atomic E-state index is -0.454. The molecule has 108 valence electrons. The van der Waals surface area contributed by atoms with Crippen molar-refractivity contribution in [3.63, 3.8) is 0 Å². The highest BCUT2D eigenvalue weighted by molar-refractivity contribution is 7.80. The number of nitro groups is 1. The monoisotopic (exact) mass is 302 g/mol.